The molecule has 2 aromatic carbocycles. The highest BCUT2D eigenvalue weighted by Gasteiger charge is 2.30. The molecule has 0 atom stereocenters. The van der Waals surface area contributed by atoms with Gasteiger partial charge in [-0.2, -0.15) is 13.2 Å². The van der Waals surface area contributed by atoms with E-state index in [0.29, 0.717) is 18.7 Å². The van der Waals surface area contributed by atoms with Gasteiger partial charge in [-0.25, -0.2) is 4.98 Å². The third-order valence-electron chi connectivity index (χ3n) is 3.79. The van der Waals surface area contributed by atoms with Crippen molar-refractivity contribution in [3.8, 4) is 16.2 Å². The lowest BCUT2D eigenvalue weighted by Gasteiger charge is -2.09. The molecule has 26 heavy (non-hydrogen) atoms. The minimum absolute atomic E-state index is 0.341. The van der Waals surface area contributed by atoms with E-state index in [9.17, 15) is 13.2 Å². The quantitative estimate of drug-likeness (QED) is 0.646. The molecule has 0 radical (unpaired) electrons. The smallest absolute Gasteiger partial charge is 0.416 e. The zero-order valence-electron chi connectivity index (χ0n) is 14.0. The number of hydrogen-bond donors (Lipinski definition) is 1. The van der Waals surface area contributed by atoms with Crippen molar-refractivity contribution in [3.63, 3.8) is 0 Å². The lowest BCUT2D eigenvalue weighted by molar-refractivity contribution is -0.137. The van der Waals surface area contributed by atoms with Gasteiger partial charge in [-0.15, -0.1) is 11.3 Å². The molecular weight excluding hydrogens is 361 g/mol. The van der Waals surface area contributed by atoms with Crippen LogP contribution in [0, 0.1) is 0 Å². The van der Waals surface area contributed by atoms with Crippen LogP contribution in [0.5, 0.6) is 5.75 Å². The highest BCUT2D eigenvalue weighted by atomic mass is 32.1. The Bertz CT molecular complexity index is 877. The summed E-state index contributed by atoms with van der Waals surface area (Å²) in [5, 5.41) is 4.00. The van der Waals surface area contributed by atoms with Crippen LogP contribution >= 0.6 is 11.3 Å². The normalized spacial score (nSPS) is 11.5. The number of alkyl halides is 3. The summed E-state index contributed by atoms with van der Waals surface area (Å²) < 4.78 is 43.6. The van der Waals surface area contributed by atoms with Crippen molar-refractivity contribution in [3.05, 3.63) is 70.9 Å². The van der Waals surface area contributed by atoms with Crippen molar-refractivity contribution in [2.75, 3.05) is 7.11 Å². The van der Waals surface area contributed by atoms with Crippen molar-refractivity contribution >= 4 is 11.3 Å². The van der Waals surface area contributed by atoms with Gasteiger partial charge in [0.1, 0.15) is 10.8 Å². The number of benzene rings is 2. The van der Waals surface area contributed by atoms with Gasteiger partial charge in [-0.1, -0.05) is 30.3 Å². The fourth-order valence-corrected chi connectivity index (χ4v) is 3.45. The van der Waals surface area contributed by atoms with E-state index in [-0.39, 0.29) is 0 Å². The largest absolute Gasteiger partial charge is 0.496 e. The summed E-state index contributed by atoms with van der Waals surface area (Å²) in [4.78, 5) is 5.36. The number of nitrogens with zero attached hydrogens (tertiary/aromatic N) is 1. The van der Waals surface area contributed by atoms with Gasteiger partial charge >= 0.3 is 6.18 Å². The summed E-state index contributed by atoms with van der Waals surface area (Å²) >= 11 is 1.52. The molecular formula is C19H17F3N2OS. The van der Waals surface area contributed by atoms with E-state index in [1.165, 1.54) is 17.4 Å². The summed E-state index contributed by atoms with van der Waals surface area (Å²) in [6.07, 6.45) is -2.54. The first kappa shape index (κ1) is 18.4. The van der Waals surface area contributed by atoms with E-state index >= 15 is 0 Å². The molecule has 136 valence electrons. The highest BCUT2D eigenvalue weighted by molar-refractivity contribution is 7.15. The third-order valence-corrected chi connectivity index (χ3v) is 4.82. The first-order chi connectivity index (χ1) is 12.5. The maximum absolute atomic E-state index is 12.7. The van der Waals surface area contributed by atoms with Crippen molar-refractivity contribution < 1.29 is 17.9 Å². The van der Waals surface area contributed by atoms with E-state index in [1.54, 1.807) is 19.4 Å². The number of rotatable bonds is 6. The van der Waals surface area contributed by atoms with E-state index in [0.717, 1.165) is 33.3 Å². The maximum atomic E-state index is 12.7. The van der Waals surface area contributed by atoms with Crippen LogP contribution in [0.4, 0.5) is 13.2 Å². The molecule has 1 aromatic heterocycles. The third kappa shape index (κ3) is 4.42. The Kier molecular flexibility index (Phi) is 5.58. The van der Waals surface area contributed by atoms with Crippen LogP contribution in [0.15, 0.2) is 54.7 Å². The first-order valence-electron chi connectivity index (χ1n) is 7.92. The van der Waals surface area contributed by atoms with Gasteiger partial charge in [0.15, 0.2) is 0 Å². The molecule has 0 spiro atoms. The molecule has 3 aromatic rings. The molecule has 0 saturated carbocycles. The second-order valence-electron chi connectivity index (χ2n) is 5.62. The Morgan fingerprint density at radius 1 is 1.08 bits per heavy atom. The summed E-state index contributed by atoms with van der Waals surface area (Å²) in [7, 11) is 1.62. The molecule has 3 nitrogen and oxygen atoms in total. The molecule has 0 fully saturated rings. The van der Waals surface area contributed by atoms with Gasteiger partial charge in [0.2, 0.25) is 0 Å². The number of hydrogen-bond acceptors (Lipinski definition) is 4. The van der Waals surface area contributed by atoms with Crippen molar-refractivity contribution in [1.29, 1.82) is 0 Å². The van der Waals surface area contributed by atoms with E-state index < -0.39 is 11.7 Å². The van der Waals surface area contributed by atoms with Gasteiger partial charge in [-0.05, 0) is 23.8 Å². The topological polar surface area (TPSA) is 34.1 Å². The Morgan fingerprint density at radius 2 is 1.88 bits per heavy atom. The fourth-order valence-electron chi connectivity index (χ4n) is 2.54. The van der Waals surface area contributed by atoms with Gasteiger partial charge in [0.05, 0.1) is 17.6 Å². The van der Waals surface area contributed by atoms with Gasteiger partial charge in [0, 0.05) is 24.8 Å². The van der Waals surface area contributed by atoms with Gasteiger partial charge in [-0.3, -0.25) is 0 Å². The molecule has 0 aliphatic carbocycles. The predicted octanol–water partition coefficient (Wildman–Crippen LogP) is 5.13. The highest BCUT2D eigenvalue weighted by Crippen LogP contribution is 2.33. The second kappa shape index (κ2) is 7.88. The lowest BCUT2D eigenvalue weighted by Crippen LogP contribution is -2.13. The van der Waals surface area contributed by atoms with Crippen LogP contribution in [-0.2, 0) is 19.3 Å². The molecule has 3 rings (SSSR count). The fraction of sp³-hybridized carbons (Fsp3) is 0.211. The Labute approximate surface area is 153 Å². The average molecular weight is 378 g/mol. The second-order valence-corrected chi connectivity index (χ2v) is 6.74. The Morgan fingerprint density at radius 3 is 2.65 bits per heavy atom. The zero-order valence-corrected chi connectivity index (χ0v) is 14.8. The van der Waals surface area contributed by atoms with E-state index in [2.05, 4.69) is 10.3 Å². The van der Waals surface area contributed by atoms with Crippen LogP contribution in [0.3, 0.4) is 0 Å². The average Bonchev–Trinajstić information content (AvgIpc) is 3.10. The van der Waals surface area contributed by atoms with Crippen molar-refractivity contribution in [2.24, 2.45) is 0 Å². The molecule has 0 aliphatic rings. The van der Waals surface area contributed by atoms with Crippen LogP contribution in [0.25, 0.3) is 10.4 Å². The van der Waals surface area contributed by atoms with Crippen LogP contribution in [0.1, 0.15) is 16.1 Å². The standard InChI is InChI=1S/C19H17F3N2OS/c1-25-16-8-3-2-7-15(16)17-11-24-18(26-17)12-23-10-13-5-4-6-14(9-13)19(20,21)22/h2-9,11,23H,10,12H2,1H3. The molecule has 0 saturated heterocycles. The molecule has 1 N–H and O–H groups in total. The molecule has 7 heteroatoms. The number of halogens is 3. The number of thiazole rings is 1. The number of nitrogens with one attached hydrogen (secondary N) is 1. The maximum Gasteiger partial charge on any atom is 0.416 e. The van der Waals surface area contributed by atoms with Crippen molar-refractivity contribution in [2.45, 2.75) is 19.3 Å². The number of para-hydroxylation sites is 1. The summed E-state index contributed by atoms with van der Waals surface area (Å²) in [5.41, 5.74) is 0.919. The number of aromatic nitrogens is 1. The van der Waals surface area contributed by atoms with E-state index in [4.69, 9.17) is 4.74 Å². The molecule has 1 heterocycles. The SMILES string of the molecule is COc1ccccc1-c1cnc(CNCc2cccc(C(F)(F)F)c2)s1. The van der Waals surface area contributed by atoms with Crippen molar-refractivity contribution in [1.82, 2.24) is 10.3 Å². The monoisotopic (exact) mass is 378 g/mol. The molecule has 0 bridgehead atoms. The first-order valence-corrected chi connectivity index (χ1v) is 8.74. The summed E-state index contributed by atoms with van der Waals surface area (Å²) in [6, 6.07) is 13.0. The van der Waals surface area contributed by atoms with Gasteiger partial charge in [0.25, 0.3) is 0 Å². The molecule has 0 unspecified atom stereocenters. The zero-order chi connectivity index (χ0) is 18.6. The van der Waals surface area contributed by atoms with Crippen LogP contribution < -0.4 is 10.1 Å². The number of methoxy groups -OCH3 is 1. The summed E-state index contributed by atoms with van der Waals surface area (Å²) in [6.45, 7) is 0.823. The van der Waals surface area contributed by atoms with Crippen LogP contribution in [-0.4, -0.2) is 12.1 Å². The van der Waals surface area contributed by atoms with Gasteiger partial charge < -0.3 is 10.1 Å². The Hall–Kier alpha value is -2.38. The minimum Gasteiger partial charge on any atom is -0.496 e. The molecule has 0 amide bonds. The Balaban J connectivity index is 1.62. The number of ether oxygens (including phenoxy) is 1. The summed E-state index contributed by atoms with van der Waals surface area (Å²) in [5.74, 6) is 0.777. The van der Waals surface area contributed by atoms with E-state index in [1.807, 2.05) is 24.3 Å². The predicted molar refractivity (Wildman–Crippen MR) is 96.1 cm³/mol. The minimum atomic E-state index is -4.32. The van der Waals surface area contributed by atoms with Crippen LogP contribution in [0.2, 0.25) is 0 Å². The lowest BCUT2D eigenvalue weighted by atomic mass is 10.1. The molecule has 0 aliphatic heterocycles.